The topological polar surface area (TPSA) is 21.3 Å². The van der Waals surface area contributed by atoms with Crippen LogP contribution in [-0.2, 0) is 12.8 Å². The number of benzene rings is 1. The second kappa shape index (κ2) is 5.77. The van der Waals surface area contributed by atoms with Crippen molar-refractivity contribution in [3.05, 3.63) is 29.3 Å². The molecule has 1 aromatic carbocycles. The summed E-state index contributed by atoms with van der Waals surface area (Å²) in [6, 6.07) is 6.72. The molecule has 0 radical (unpaired) electrons. The molecule has 0 saturated heterocycles. The average Bonchev–Trinajstić information content (AvgIpc) is 2.67. The first-order valence-electron chi connectivity index (χ1n) is 7.83. The zero-order valence-corrected chi connectivity index (χ0v) is 13.7. The molecular weight excluding hydrogens is 246 g/mol. The quantitative estimate of drug-likeness (QED) is 0.848. The summed E-state index contributed by atoms with van der Waals surface area (Å²) in [5.41, 5.74) is 3.13. The van der Waals surface area contributed by atoms with Crippen molar-refractivity contribution in [2.24, 2.45) is 5.41 Å². The third kappa shape index (κ3) is 3.99. The summed E-state index contributed by atoms with van der Waals surface area (Å²) in [5.74, 6) is 1.07. The molecule has 2 heteroatoms. The van der Waals surface area contributed by atoms with Gasteiger partial charge in [0.05, 0.1) is 0 Å². The van der Waals surface area contributed by atoms with Crippen molar-refractivity contribution in [3.63, 3.8) is 0 Å². The van der Waals surface area contributed by atoms with E-state index in [0.717, 1.165) is 31.7 Å². The maximum absolute atomic E-state index is 5.94. The summed E-state index contributed by atoms with van der Waals surface area (Å²) in [7, 11) is 0. The number of rotatable bonds is 6. The lowest BCUT2D eigenvalue weighted by Gasteiger charge is -2.25. The molecule has 1 aromatic rings. The fraction of sp³-hybridized carbons (Fsp3) is 0.667. The highest BCUT2D eigenvalue weighted by molar-refractivity contribution is 5.41. The van der Waals surface area contributed by atoms with Gasteiger partial charge in [0.25, 0.3) is 0 Å². The van der Waals surface area contributed by atoms with Gasteiger partial charge in [-0.3, -0.25) is 0 Å². The fourth-order valence-corrected chi connectivity index (χ4v) is 2.85. The predicted molar refractivity (Wildman–Crippen MR) is 85.5 cm³/mol. The van der Waals surface area contributed by atoms with Gasteiger partial charge in [0.15, 0.2) is 0 Å². The van der Waals surface area contributed by atoms with Crippen molar-refractivity contribution < 1.29 is 4.74 Å². The zero-order valence-electron chi connectivity index (χ0n) is 13.7. The van der Waals surface area contributed by atoms with Crippen molar-refractivity contribution in [1.29, 1.82) is 0 Å². The first-order valence-corrected chi connectivity index (χ1v) is 7.83. The van der Waals surface area contributed by atoms with E-state index in [1.54, 1.807) is 0 Å². The van der Waals surface area contributed by atoms with E-state index in [2.05, 4.69) is 58.1 Å². The van der Waals surface area contributed by atoms with Crippen molar-refractivity contribution in [1.82, 2.24) is 5.32 Å². The Morgan fingerprint density at radius 1 is 1.30 bits per heavy atom. The number of nitrogens with one attached hydrogen (secondary N) is 1. The molecule has 1 aliphatic rings. The predicted octanol–water partition coefficient (Wildman–Crippen LogP) is 3.97. The second-order valence-corrected chi connectivity index (χ2v) is 7.43. The van der Waals surface area contributed by atoms with Crippen molar-refractivity contribution in [2.75, 3.05) is 13.1 Å². The molecule has 1 aliphatic heterocycles. The summed E-state index contributed by atoms with van der Waals surface area (Å²) in [6.45, 7) is 13.3. The molecule has 20 heavy (non-hydrogen) atoms. The lowest BCUT2D eigenvalue weighted by atomic mass is 9.85. The molecule has 1 N–H and O–H groups in total. The summed E-state index contributed by atoms with van der Waals surface area (Å²) in [4.78, 5) is 0. The number of fused-ring (bicyclic) bond motifs is 1. The molecule has 0 saturated carbocycles. The van der Waals surface area contributed by atoms with Crippen LogP contribution in [0.1, 0.15) is 52.2 Å². The van der Waals surface area contributed by atoms with Crippen LogP contribution in [0, 0.1) is 5.41 Å². The molecule has 112 valence electrons. The van der Waals surface area contributed by atoms with E-state index in [-0.39, 0.29) is 5.60 Å². The Hall–Kier alpha value is -1.02. The van der Waals surface area contributed by atoms with Crippen LogP contribution in [0.15, 0.2) is 18.2 Å². The summed E-state index contributed by atoms with van der Waals surface area (Å²) >= 11 is 0. The molecule has 0 spiro atoms. The van der Waals surface area contributed by atoms with Gasteiger partial charge in [0.2, 0.25) is 0 Å². The molecule has 0 amide bonds. The average molecular weight is 275 g/mol. The van der Waals surface area contributed by atoms with Gasteiger partial charge in [0, 0.05) is 13.0 Å². The first kappa shape index (κ1) is 15.4. The van der Waals surface area contributed by atoms with E-state index in [0.29, 0.717) is 5.41 Å². The summed E-state index contributed by atoms with van der Waals surface area (Å²) < 4.78 is 5.94. The minimum atomic E-state index is -0.0364. The highest BCUT2D eigenvalue weighted by Gasteiger charge is 2.30. The largest absolute Gasteiger partial charge is 0.487 e. The van der Waals surface area contributed by atoms with E-state index in [9.17, 15) is 0 Å². The normalized spacial score (nSPS) is 16.9. The van der Waals surface area contributed by atoms with Gasteiger partial charge in [0.1, 0.15) is 11.4 Å². The van der Waals surface area contributed by atoms with E-state index < -0.39 is 0 Å². The fourth-order valence-electron chi connectivity index (χ4n) is 2.85. The molecule has 0 aliphatic carbocycles. The van der Waals surface area contributed by atoms with Crippen LogP contribution in [0.2, 0.25) is 0 Å². The van der Waals surface area contributed by atoms with Crippen LogP contribution in [0.25, 0.3) is 0 Å². The van der Waals surface area contributed by atoms with Crippen molar-refractivity contribution >= 4 is 0 Å². The van der Waals surface area contributed by atoms with Gasteiger partial charge in [-0.05, 0) is 55.8 Å². The molecule has 2 rings (SSSR count). The van der Waals surface area contributed by atoms with Crippen LogP contribution < -0.4 is 10.1 Å². The Morgan fingerprint density at radius 3 is 2.75 bits per heavy atom. The first-order chi connectivity index (χ1) is 9.31. The van der Waals surface area contributed by atoms with Crippen molar-refractivity contribution in [3.8, 4) is 5.75 Å². The van der Waals surface area contributed by atoms with Crippen LogP contribution >= 0.6 is 0 Å². The van der Waals surface area contributed by atoms with E-state index in [1.807, 2.05) is 0 Å². The van der Waals surface area contributed by atoms with E-state index >= 15 is 0 Å². The summed E-state index contributed by atoms with van der Waals surface area (Å²) in [5, 5.41) is 3.46. The zero-order chi connectivity index (χ0) is 14.8. The molecule has 0 bridgehead atoms. The van der Waals surface area contributed by atoms with Crippen LogP contribution in [0.3, 0.4) is 0 Å². The Labute approximate surface area is 123 Å². The van der Waals surface area contributed by atoms with Crippen molar-refractivity contribution in [2.45, 2.75) is 59.5 Å². The van der Waals surface area contributed by atoms with Gasteiger partial charge in [-0.2, -0.15) is 0 Å². The van der Waals surface area contributed by atoms with Gasteiger partial charge in [-0.25, -0.2) is 0 Å². The molecule has 0 unspecified atom stereocenters. The maximum atomic E-state index is 5.94. The number of hydrogen-bond acceptors (Lipinski definition) is 2. The van der Waals surface area contributed by atoms with Crippen LogP contribution in [0.4, 0.5) is 0 Å². The Kier molecular flexibility index (Phi) is 4.43. The van der Waals surface area contributed by atoms with Crippen LogP contribution in [-0.4, -0.2) is 18.7 Å². The Balaban J connectivity index is 1.95. The molecule has 2 nitrogen and oxygen atoms in total. The maximum Gasteiger partial charge on any atom is 0.123 e. The monoisotopic (exact) mass is 275 g/mol. The molecular formula is C18H29NO. The lowest BCUT2D eigenvalue weighted by Crippen LogP contribution is -2.29. The molecule has 0 aromatic heterocycles. The molecule has 0 fully saturated rings. The molecule has 1 heterocycles. The Morgan fingerprint density at radius 2 is 2.05 bits per heavy atom. The third-order valence-electron chi connectivity index (χ3n) is 4.07. The van der Waals surface area contributed by atoms with Crippen LogP contribution in [0.5, 0.6) is 5.75 Å². The highest BCUT2D eigenvalue weighted by atomic mass is 16.5. The lowest BCUT2D eigenvalue weighted by molar-refractivity contribution is 0.138. The standard InChI is InChI=1S/C18H29NO/c1-6-19-13-17(2,3)10-9-14-7-8-16-15(11-14)12-18(4,5)20-16/h7-8,11,19H,6,9-10,12-13H2,1-5H3. The van der Waals surface area contributed by atoms with Gasteiger partial charge in [-0.15, -0.1) is 0 Å². The number of aryl methyl sites for hydroxylation is 1. The highest BCUT2D eigenvalue weighted by Crippen LogP contribution is 2.35. The molecule has 0 atom stereocenters. The number of hydrogen-bond donors (Lipinski definition) is 1. The van der Waals surface area contributed by atoms with Gasteiger partial charge in [-0.1, -0.05) is 32.9 Å². The Bertz CT molecular complexity index is 462. The SMILES string of the molecule is CCNCC(C)(C)CCc1ccc2c(c1)CC(C)(C)O2. The second-order valence-electron chi connectivity index (χ2n) is 7.43. The minimum Gasteiger partial charge on any atom is -0.487 e. The van der Waals surface area contributed by atoms with Gasteiger partial charge < -0.3 is 10.1 Å². The van der Waals surface area contributed by atoms with Gasteiger partial charge >= 0.3 is 0 Å². The number of ether oxygens (including phenoxy) is 1. The minimum absolute atomic E-state index is 0.0364. The van der Waals surface area contributed by atoms with E-state index in [4.69, 9.17) is 4.74 Å². The summed E-state index contributed by atoms with van der Waals surface area (Å²) in [6.07, 6.45) is 3.38. The smallest absolute Gasteiger partial charge is 0.123 e. The van der Waals surface area contributed by atoms with E-state index in [1.165, 1.54) is 17.5 Å². The third-order valence-corrected chi connectivity index (χ3v) is 4.07.